The summed E-state index contributed by atoms with van der Waals surface area (Å²) in [6.45, 7) is 2.98. The van der Waals surface area contributed by atoms with Crippen LogP contribution in [0.5, 0.6) is 11.5 Å². The molecule has 1 saturated carbocycles. The maximum Gasteiger partial charge on any atom is 0.317 e. The van der Waals surface area contributed by atoms with Gasteiger partial charge < -0.3 is 25.4 Å². The topological polar surface area (TPSA) is 76.8 Å². The molecule has 0 bridgehead atoms. The van der Waals surface area contributed by atoms with E-state index in [-0.39, 0.29) is 17.5 Å². The maximum absolute atomic E-state index is 12.4. The van der Waals surface area contributed by atoms with E-state index >= 15 is 0 Å². The number of para-hydroxylation sites is 1. The van der Waals surface area contributed by atoms with Crippen molar-refractivity contribution < 1.29 is 14.3 Å². The highest BCUT2D eigenvalue weighted by molar-refractivity contribution is 5.75. The third-order valence-electron chi connectivity index (χ3n) is 5.42. The number of amides is 2. The first kappa shape index (κ1) is 14.6. The van der Waals surface area contributed by atoms with Gasteiger partial charge in [0.2, 0.25) is 0 Å². The molecule has 2 heterocycles. The summed E-state index contributed by atoms with van der Waals surface area (Å²) in [6, 6.07) is 5.84. The number of ether oxygens (including phenoxy) is 2. The number of hydrogen-bond donors (Lipinski definition) is 2. The molecule has 1 saturated heterocycles. The number of benzene rings is 1. The third-order valence-corrected chi connectivity index (χ3v) is 5.42. The number of carbonyl (C=O) groups excluding carboxylic acids is 1. The van der Waals surface area contributed by atoms with Gasteiger partial charge in [-0.15, -0.1) is 0 Å². The molecule has 1 atom stereocenters. The monoisotopic (exact) mass is 317 g/mol. The van der Waals surface area contributed by atoms with E-state index in [1.807, 2.05) is 23.1 Å². The zero-order valence-electron chi connectivity index (χ0n) is 13.2. The van der Waals surface area contributed by atoms with Gasteiger partial charge >= 0.3 is 6.03 Å². The molecule has 2 aliphatic heterocycles. The number of hydrogen-bond acceptors (Lipinski definition) is 4. The van der Waals surface area contributed by atoms with Crippen LogP contribution in [0.25, 0.3) is 0 Å². The van der Waals surface area contributed by atoms with Crippen molar-refractivity contribution in [2.24, 2.45) is 11.1 Å². The Labute approximate surface area is 135 Å². The van der Waals surface area contributed by atoms with E-state index < -0.39 is 0 Å². The number of carbonyl (C=O) groups is 1. The van der Waals surface area contributed by atoms with Gasteiger partial charge in [0.05, 0.1) is 0 Å². The first-order chi connectivity index (χ1) is 11.2. The highest BCUT2D eigenvalue weighted by Crippen LogP contribution is 2.47. The SMILES string of the molecule is NC1CN(C(=O)NCc2cccc3c2OCCO3)CC12CCC2. The molecule has 6 heteroatoms. The molecule has 1 aromatic carbocycles. The normalized spacial score (nSPS) is 24.4. The molecule has 1 aromatic rings. The Balaban J connectivity index is 1.39. The molecule has 124 valence electrons. The fourth-order valence-corrected chi connectivity index (χ4v) is 3.86. The maximum atomic E-state index is 12.4. The van der Waals surface area contributed by atoms with Crippen LogP contribution in [0.3, 0.4) is 0 Å². The Hall–Kier alpha value is -1.95. The number of fused-ring (bicyclic) bond motifs is 1. The lowest BCUT2D eigenvalue weighted by Gasteiger charge is -2.41. The van der Waals surface area contributed by atoms with Crippen LogP contribution in [0, 0.1) is 5.41 Å². The van der Waals surface area contributed by atoms with E-state index in [0.29, 0.717) is 26.3 Å². The van der Waals surface area contributed by atoms with Crippen molar-refractivity contribution in [1.82, 2.24) is 10.2 Å². The van der Waals surface area contributed by atoms with Gasteiger partial charge in [-0.05, 0) is 18.9 Å². The molecule has 1 unspecified atom stereocenters. The highest BCUT2D eigenvalue weighted by atomic mass is 16.6. The fourth-order valence-electron chi connectivity index (χ4n) is 3.86. The fraction of sp³-hybridized carbons (Fsp3) is 0.588. The number of nitrogens with zero attached hydrogens (tertiary/aromatic N) is 1. The second kappa shape index (κ2) is 5.60. The standard InChI is InChI=1S/C17H23N3O3/c18-14-10-20(11-17(14)5-2-6-17)16(21)19-9-12-3-1-4-13-15(12)23-8-7-22-13/h1,3-4,14H,2,5-11,18H2,(H,19,21). The van der Waals surface area contributed by atoms with Gasteiger partial charge in [0.1, 0.15) is 13.2 Å². The molecule has 0 radical (unpaired) electrons. The van der Waals surface area contributed by atoms with E-state index in [4.69, 9.17) is 15.2 Å². The quantitative estimate of drug-likeness (QED) is 0.866. The number of nitrogens with two attached hydrogens (primary N) is 1. The average molecular weight is 317 g/mol. The Kier molecular flexibility index (Phi) is 3.56. The van der Waals surface area contributed by atoms with Crippen LogP contribution in [-0.4, -0.2) is 43.3 Å². The zero-order chi connectivity index (χ0) is 15.9. The van der Waals surface area contributed by atoms with E-state index in [1.165, 1.54) is 6.42 Å². The molecule has 6 nitrogen and oxygen atoms in total. The summed E-state index contributed by atoms with van der Waals surface area (Å²) >= 11 is 0. The summed E-state index contributed by atoms with van der Waals surface area (Å²) < 4.78 is 11.2. The van der Waals surface area contributed by atoms with Gasteiger partial charge in [-0.3, -0.25) is 0 Å². The Bertz CT molecular complexity index is 615. The summed E-state index contributed by atoms with van der Waals surface area (Å²) in [5, 5.41) is 2.99. The summed E-state index contributed by atoms with van der Waals surface area (Å²) in [4.78, 5) is 14.3. The number of likely N-dealkylation sites (tertiary alicyclic amines) is 1. The minimum atomic E-state index is -0.0430. The lowest BCUT2D eigenvalue weighted by molar-refractivity contribution is 0.125. The highest BCUT2D eigenvalue weighted by Gasteiger charge is 2.49. The van der Waals surface area contributed by atoms with Crippen molar-refractivity contribution in [3.05, 3.63) is 23.8 Å². The van der Waals surface area contributed by atoms with Gasteiger partial charge in [0.15, 0.2) is 11.5 Å². The molecule has 2 fully saturated rings. The molecule has 1 spiro atoms. The first-order valence-electron chi connectivity index (χ1n) is 8.34. The van der Waals surface area contributed by atoms with Crippen LogP contribution >= 0.6 is 0 Å². The molecule has 0 aromatic heterocycles. The second-order valence-electron chi connectivity index (χ2n) is 6.80. The third kappa shape index (κ3) is 2.51. The van der Waals surface area contributed by atoms with Crippen LogP contribution in [0.4, 0.5) is 4.79 Å². The van der Waals surface area contributed by atoms with E-state index in [0.717, 1.165) is 36.4 Å². The van der Waals surface area contributed by atoms with Crippen molar-refractivity contribution in [2.45, 2.75) is 31.8 Å². The smallest absolute Gasteiger partial charge is 0.317 e. The summed E-state index contributed by atoms with van der Waals surface area (Å²) in [7, 11) is 0. The van der Waals surface area contributed by atoms with Crippen molar-refractivity contribution in [2.75, 3.05) is 26.3 Å². The number of urea groups is 1. The summed E-state index contributed by atoms with van der Waals surface area (Å²) in [5.74, 6) is 1.49. The van der Waals surface area contributed by atoms with Crippen molar-refractivity contribution >= 4 is 6.03 Å². The molecular weight excluding hydrogens is 294 g/mol. The molecule has 3 N–H and O–H groups in total. The van der Waals surface area contributed by atoms with Crippen LogP contribution in [-0.2, 0) is 6.54 Å². The first-order valence-corrected chi connectivity index (χ1v) is 8.34. The molecule has 2 amide bonds. The number of nitrogens with one attached hydrogen (secondary N) is 1. The molecular formula is C17H23N3O3. The van der Waals surface area contributed by atoms with Crippen LogP contribution in [0.2, 0.25) is 0 Å². The Morgan fingerprint density at radius 1 is 1.35 bits per heavy atom. The Morgan fingerprint density at radius 3 is 2.91 bits per heavy atom. The minimum Gasteiger partial charge on any atom is -0.486 e. The van der Waals surface area contributed by atoms with Crippen molar-refractivity contribution in [3.8, 4) is 11.5 Å². The van der Waals surface area contributed by atoms with E-state index in [1.54, 1.807) is 0 Å². The predicted octanol–water partition coefficient (Wildman–Crippen LogP) is 1.48. The second-order valence-corrected chi connectivity index (χ2v) is 6.80. The average Bonchev–Trinajstić information content (AvgIpc) is 2.90. The Morgan fingerprint density at radius 2 is 2.17 bits per heavy atom. The van der Waals surface area contributed by atoms with Gasteiger partial charge in [-0.2, -0.15) is 0 Å². The molecule has 1 aliphatic carbocycles. The zero-order valence-corrected chi connectivity index (χ0v) is 13.2. The van der Waals surface area contributed by atoms with Gasteiger partial charge in [-0.25, -0.2) is 4.79 Å². The van der Waals surface area contributed by atoms with Crippen molar-refractivity contribution in [1.29, 1.82) is 0 Å². The van der Waals surface area contributed by atoms with Crippen molar-refractivity contribution in [3.63, 3.8) is 0 Å². The van der Waals surface area contributed by atoms with E-state index in [9.17, 15) is 4.79 Å². The summed E-state index contributed by atoms with van der Waals surface area (Å²) in [6.07, 6.45) is 3.53. The van der Waals surface area contributed by atoms with Gasteiger partial charge in [0.25, 0.3) is 0 Å². The summed E-state index contributed by atoms with van der Waals surface area (Å²) in [5.41, 5.74) is 7.37. The predicted molar refractivity (Wildman–Crippen MR) is 85.5 cm³/mol. The molecule has 4 rings (SSSR count). The lowest BCUT2D eigenvalue weighted by Crippen LogP contribution is -2.45. The van der Waals surface area contributed by atoms with Crippen LogP contribution in [0.15, 0.2) is 18.2 Å². The van der Waals surface area contributed by atoms with Crippen LogP contribution < -0.4 is 20.5 Å². The molecule has 3 aliphatic rings. The minimum absolute atomic E-state index is 0.0430. The largest absolute Gasteiger partial charge is 0.486 e. The lowest BCUT2D eigenvalue weighted by atomic mass is 9.66. The van der Waals surface area contributed by atoms with Gasteiger partial charge in [0, 0.05) is 36.7 Å². The van der Waals surface area contributed by atoms with E-state index in [2.05, 4.69) is 5.32 Å². The molecule has 23 heavy (non-hydrogen) atoms. The van der Waals surface area contributed by atoms with Crippen LogP contribution in [0.1, 0.15) is 24.8 Å². The number of rotatable bonds is 2. The van der Waals surface area contributed by atoms with Gasteiger partial charge in [-0.1, -0.05) is 18.6 Å².